The Morgan fingerprint density at radius 2 is 1.83 bits per heavy atom. The summed E-state index contributed by atoms with van der Waals surface area (Å²) in [6, 6.07) is 8.64. The fourth-order valence-corrected chi connectivity index (χ4v) is 2.70. The van der Waals surface area contributed by atoms with Crippen molar-refractivity contribution in [3.8, 4) is 10.6 Å². The van der Waals surface area contributed by atoms with Crippen LogP contribution in [0.1, 0.15) is 26.3 Å². The summed E-state index contributed by atoms with van der Waals surface area (Å²) >= 11 is 1.61. The molecule has 1 aromatic carbocycles. The Kier molecular flexibility index (Phi) is 2.48. The lowest BCUT2D eigenvalue weighted by Crippen LogP contribution is -2.10. The molecule has 4 heteroatoms. The van der Waals surface area contributed by atoms with Crippen molar-refractivity contribution in [2.75, 3.05) is 0 Å². The van der Waals surface area contributed by atoms with Crippen LogP contribution in [0.25, 0.3) is 16.3 Å². The van der Waals surface area contributed by atoms with Crippen molar-refractivity contribution < 1.29 is 0 Å². The molecule has 2 aromatic heterocycles. The number of hydrogen-bond acceptors (Lipinski definition) is 3. The first-order valence-electron chi connectivity index (χ1n) is 5.95. The first-order chi connectivity index (χ1) is 8.54. The molecule has 0 radical (unpaired) electrons. The van der Waals surface area contributed by atoms with Crippen LogP contribution in [-0.2, 0) is 5.41 Å². The third kappa shape index (κ3) is 1.93. The van der Waals surface area contributed by atoms with Gasteiger partial charge in [0.05, 0.1) is 0 Å². The van der Waals surface area contributed by atoms with E-state index in [9.17, 15) is 0 Å². The van der Waals surface area contributed by atoms with Crippen LogP contribution in [0.5, 0.6) is 0 Å². The van der Waals surface area contributed by atoms with Gasteiger partial charge >= 0.3 is 0 Å². The Balaban J connectivity index is 2.00. The van der Waals surface area contributed by atoms with Gasteiger partial charge in [0.25, 0.3) is 0 Å². The Bertz CT molecular complexity index is 642. The van der Waals surface area contributed by atoms with Gasteiger partial charge < -0.3 is 0 Å². The molecule has 0 aliphatic carbocycles. The van der Waals surface area contributed by atoms with E-state index in [-0.39, 0.29) is 5.41 Å². The fourth-order valence-electron chi connectivity index (χ4n) is 1.87. The summed E-state index contributed by atoms with van der Waals surface area (Å²) < 4.78 is 1.98. The van der Waals surface area contributed by atoms with Crippen molar-refractivity contribution in [1.82, 2.24) is 13.8 Å². The van der Waals surface area contributed by atoms with E-state index < -0.39 is 0 Å². The van der Waals surface area contributed by atoms with Crippen LogP contribution in [0.15, 0.2) is 36.7 Å². The van der Waals surface area contributed by atoms with Gasteiger partial charge in [-0.1, -0.05) is 45.0 Å². The summed E-state index contributed by atoms with van der Waals surface area (Å²) in [5, 5.41) is 1.01. The third-order valence-corrected chi connectivity index (χ3v) is 3.96. The molecule has 0 fully saturated rings. The molecule has 3 rings (SSSR count). The van der Waals surface area contributed by atoms with Gasteiger partial charge in [-0.25, -0.2) is 8.77 Å². The Morgan fingerprint density at radius 3 is 2.44 bits per heavy atom. The van der Waals surface area contributed by atoms with E-state index in [4.69, 9.17) is 0 Å². The predicted octanol–water partition coefficient (Wildman–Crippen LogP) is 3.76. The van der Waals surface area contributed by atoms with Crippen molar-refractivity contribution in [1.29, 1.82) is 0 Å². The lowest BCUT2D eigenvalue weighted by molar-refractivity contribution is 0.590. The van der Waals surface area contributed by atoms with Gasteiger partial charge in [0.1, 0.15) is 5.01 Å². The molecule has 3 nitrogen and oxygen atoms in total. The first-order valence-corrected chi connectivity index (χ1v) is 6.73. The second kappa shape index (κ2) is 3.92. The van der Waals surface area contributed by atoms with Gasteiger partial charge in [-0.3, -0.25) is 0 Å². The molecule has 0 N–H and O–H groups in total. The van der Waals surface area contributed by atoms with Gasteiger partial charge in [-0.05, 0) is 22.5 Å². The quantitative estimate of drug-likeness (QED) is 0.664. The predicted molar refractivity (Wildman–Crippen MR) is 75.0 cm³/mol. The van der Waals surface area contributed by atoms with Crippen LogP contribution in [0, 0.1) is 0 Å². The molecule has 0 amide bonds. The molecule has 2 heterocycles. The summed E-state index contributed by atoms with van der Waals surface area (Å²) in [6.07, 6.45) is 3.70. The van der Waals surface area contributed by atoms with Crippen molar-refractivity contribution >= 4 is 17.3 Å². The zero-order valence-corrected chi connectivity index (χ0v) is 11.5. The summed E-state index contributed by atoms with van der Waals surface area (Å²) in [6.45, 7) is 6.67. The summed E-state index contributed by atoms with van der Waals surface area (Å²) in [7, 11) is 0. The Hall–Kier alpha value is -1.68. The Labute approximate surface area is 110 Å². The third-order valence-electron chi connectivity index (χ3n) is 2.97. The highest BCUT2D eigenvalue weighted by atomic mass is 32.1. The van der Waals surface area contributed by atoms with Crippen molar-refractivity contribution in [2.45, 2.75) is 26.2 Å². The molecular weight excluding hydrogens is 242 g/mol. The number of hydrogen-bond donors (Lipinski definition) is 0. The van der Waals surface area contributed by atoms with Crippen LogP contribution < -0.4 is 0 Å². The average molecular weight is 257 g/mol. The number of nitrogens with zero attached hydrogens (tertiary/aromatic N) is 3. The van der Waals surface area contributed by atoms with E-state index in [0.29, 0.717) is 0 Å². The lowest BCUT2D eigenvalue weighted by Gasteiger charge is -2.18. The first kappa shape index (κ1) is 11.4. The number of fused-ring (bicyclic) bond motifs is 1. The molecule has 0 aliphatic heterocycles. The topological polar surface area (TPSA) is 30.2 Å². The molecule has 0 bridgehead atoms. The zero-order valence-electron chi connectivity index (χ0n) is 10.7. The second-order valence-corrected chi connectivity index (χ2v) is 6.35. The van der Waals surface area contributed by atoms with Crippen molar-refractivity contribution in [3.05, 3.63) is 42.2 Å². The van der Waals surface area contributed by atoms with Gasteiger partial charge in [-0.15, -0.1) is 0 Å². The minimum Gasteiger partial charge on any atom is -0.237 e. The molecule has 18 heavy (non-hydrogen) atoms. The van der Waals surface area contributed by atoms with Crippen molar-refractivity contribution in [2.24, 2.45) is 0 Å². The van der Waals surface area contributed by atoms with Gasteiger partial charge in [-0.2, -0.15) is 4.98 Å². The van der Waals surface area contributed by atoms with E-state index in [2.05, 4.69) is 55.0 Å². The number of imidazole rings is 1. The number of aromatic nitrogens is 3. The molecule has 0 spiro atoms. The maximum absolute atomic E-state index is 4.51. The summed E-state index contributed by atoms with van der Waals surface area (Å²) in [5.41, 5.74) is 2.68. The minimum atomic E-state index is 0.190. The highest BCUT2D eigenvalue weighted by molar-refractivity contribution is 7.10. The highest BCUT2D eigenvalue weighted by Crippen LogP contribution is 2.27. The van der Waals surface area contributed by atoms with Crippen molar-refractivity contribution in [3.63, 3.8) is 0 Å². The van der Waals surface area contributed by atoms with Gasteiger partial charge in [0, 0.05) is 18.0 Å². The molecule has 0 atom stereocenters. The highest BCUT2D eigenvalue weighted by Gasteiger charge is 2.14. The van der Waals surface area contributed by atoms with Crippen LogP contribution in [-0.4, -0.2) is 13.8 Å². The molecule has 0 aliphatic rings. The molecule has 0 unspecified atom stereocenters. The lowest BCUT2D eigenvalue weighted by atomic mass is 9.87. The van der Waals surface area contributed by atoms with Crippen LogP contribution in [0.4, 0.5) is 0 Å². The maximum atomic E-state index is 4.51. The zero-order chi connectivity index (χ0) is 12.8. The summed E-state index contributed by atoms with van der Waals surface area (Å²) in [5.74, 6) is 0.773. The monoisotopic (exact) mass is 257 g/mol. The van der Waals surface area contributed by atoms with E-state index in [1.807, 2.05) is 9.99 Å². The normalized spacial score (nSPS) is 12.2. The van der Waals surface area contributed by atoms with E-state index >= 15 is 0 Å². The van der Waals surface area contributed by atoms with Crippen LogP contribution in [0.2, 0.25) is 0 Å². The molecule has 92 valence electrons. The van der Waals surface area contributed by atoms with Gasteiger partial charge in [0.2, 0.25) is 5.78 Å². The van der Waals surface area contributed by atoms with E-state index in [0.717, 1.165) is 16.3 Å². The number of rotatable bonds is 1. The SMILES string of the molecule is CC(C)(C)c1ccc(-c2nc3nccn3s2)cc1. The smallest absolute Gasteiger partial charge is 0.237 e. The summed E-state index contributed by atoms with van der Waals surface area (Å²) in [4.78, 5) is 8.69. The average Bonchev–Trinajstić information content (AvgIpc) is 2.88. The molecule has 0 saturated carbocycles. The fraction of sp³-hybridized carbons (Fsp3) is 0.286. The van der Waals surface area contributed by atoms with E-state index in [1.165, 1.54) is 5.56 Å². The Morgan fingerprint density at radius 1 is 1.11 bits per heavy atom. The van der Waals surface area contributed by atoms with Gasteiger partial charge in [0.15, 0.2) is 0 Å². The minimum absolute atomic E-state index is 0.190. The largest absolute Gasteiger partial charge is 0.244 e. The second-order valence-electron chi connectivity index (χ2n) is 5.39. The van der Waals surface area contributed by atoms with Crippen LogP contribution >= 0.6 is 11.5 Å². The molecular formula is C14H15N3S. The molecule has 3 aromatic rings. The number of benzene rings is 1. The standard InChI is InChI=1S/C14H15N3S/c1-14(2,3)11-6-4-10(5-7-11)12-16-13-15-8-9-17(13)18-12/h4-9H,1-3H3. The maximum Gasteiger partial charge on any atom is 0.244 e. The van der Waals surface area contributed by atoms with Crippen LogP contribution in [0.3, 0.4) is 0 Å². The van der Waals surface area contributed by atoms with E-state index in [1.54, 1.807) is 17.7 Å². The molecule has 0 saturated heterocycles.